The number of nitrogens with one attached hydrogen (secondary N) is 2. The molecule has 1 amide bonds. The lowest BCUT2D eigenvalue weighted by Gasteiger charge is -2.15. The Morgan fingerprint density at radius 2 is 2.14 bits per heavy atom. The number of carbonyl (C=O) groups excluding carboxylic acids is 1. The zero-order chi connectivity index (χ0) is 15.4. The van der Waals surface area contributed by atoms with Crippen LogP contribution >= 0.6 is 0 Å². The number of rotatable bonds is 7. The SMILES string of the molecule is Cc1ccc(C(C)NCCNC(=O)C2CC2)cc1[N+](=O)[O-]. The molecule has 1 atom stereocenters. The first kappa shape index (κ1) is 15.4. The van der Waals surface area contributed by atoms with Crippen molar-refractivity contribution in [3.8, 4) is 0 Å². The van der Waals surface area contributed by atoms with Gasteiger partial charge < -0.3 is 10.6 Å². The van der Waals surface area contributed by atoms with Crippen molar-refractivity contribution in [1.82, 2.24) is 10.6 Å². The highest BCUT2D eigenvalue weighted by Gasteiger charge is 2.28. The van der Waals surface area contributed by atoms with Crippen LogP contribution in [0.2, 0.25) is 0 Å². The van der Waals surface area contributed by atoms with Gasteiger partial charge in [-0.3, -0.25) is 14.9 Å². The van der Waals surface area contributed by atoms with E-state index in [1.54, 1.807) is 19.1 Å². The van der Waals surface area contributed by atoms with Crippen molar-refractivity contribution in [2.75, 3.05) is 13.1 Å². The van der Waals surface area contributed by atoms with Gasteiger partial charge in [-0.2, -0.15) is 0 Å². The van der Waals surface area contributed by atoms with E-state index in [0.29, 0.717) is 18.7 Å². The molecule has 0 spiro atoms. The first-order valence-corrected chi connectivity index (χ1v) is 7.25. The van der Waals surface area contributed by atoms with Crippen molar-refractivity contribution in [1.29, 1.82) is 0 Å². The van der Waals surface area contributed by atoms with Crippen molar-refractivity contribution >= 4 is 11.6 Å². The minimum Gasteiger partial charge on any atom is -0.355 e. The molecule has 0 bridgehead atoms. The Hall–Kier alpha value is -1.95. The second-order valence-electron chi connectivity index (χ2n) is 5.54. The van der Waals surface area contributed by atoms with Gasteiger partial charge in [-0.05, 0) is 32.3 Å². The van der Waals surface area contributed by atoms with E-state index in [1.807, 2.05) is 13.0 Å². The lowest BCUT2D eigenvalue weighted by Crippen LogP contribution is -2.33. The maximum atomic E-state index is 11.5. The normalized spacial score (nSPS) is 15.5. The van der Waals surface area contributed by atoms with E-state index in [2.05, 4.69) is 10.6 Å². The van der Waals surface area contributed by atoms with E-state index in [4.69, 9.17) is 0 Å². The molecule has 1 saturated carbocycles. The average Bonchev–Trinajstić information content (AvgIpc) is 3.27. The predicted molar refractivity (Wildman–Crippen MR) is 80.0 cm³/mol. The number of nitrogens with zero attached hydrogens (tertiary/aromatic N) is 1. The molecule has 1 aromatic rings. The molecule has 21 heavy (non-hydrogen) atoms. The fourth-order valence-corrected chi connectivity index (χ4v) is 2.17. The van der Waals surface area contributed by atoms with E-state index in [0.717, 1.165) is 18.4 Å². The molecule has 1 unspecified atom stereocenters. The third-order valence-corrected chi connectivity index (χ3v) is 3.75. The summed E-state index contributed by atoms with van der Waals surface area (Å²) in [5, 5.41) is 17.1. The average molecular weight is 291 g/mol. The topological polar surface area (TPSA) is 84.3 Å². The molecule has 1 aliphatic carbocycles. The summed E-state index contributed by atoms with van der Waals surface area (Å²) in [6.07, 6.45) is 2.01. The van der Waals surface area contributed by atoms with Crippen LogP contribution in [0.15, 0.2) is 18.2 Å². The molecule has 1 aliphatic rings. The highest BCUT2D eigenvalue weighted by Crippen LogP contribution is 2.28. The molecule has 0 aliphatic heterocycles. The minimum absolute atomic E-state index is 0.00197. The summed E-state index contributed by atoms with van der Waals surface area (Å²) in [6, 6.07) is 5.26. The van der Waals surface area contributed by atoms with Crippen LogP contribution in [-0.2, 0) is 4.79 Å². The molecule has 0 heterocycles. The highest BCUT2D eigenvalue weighted by molar-refractivity contribution is 5.80. The van der Waals surface area contributed by atoms with E-state index in [-0.39, 0.29) is 28.5 Å². The van der Waals surface area contributed by atoms with E-state index >= 15 is 0 Å². The number of benzene rings is 1. The predicted octanol–water partition coefficient (Wildman–Crippen LogP) is 2.08. The van der Waals surface area contributed by atoms with Gasteiger partial charge in [-0.1, -0.05) is 12.1 Å². The van der Waals surface area contributed by atoms with E-state index < -0.39 is 0 Å². The minimum atomic E-state index is -0.360. The van der Waals surface area contributed by atoms with Crippen molar-refractivity contribution in [3.05, 3.63) is 39.4 Å². The maximum Gasteiger partial charge on any atom is 0.272 e. The third kappa shape index (κ3) is 4.26. The monoisotopic (exact) mass is 291 g/mol. The Morgan fingerprint density at radius 3 is 2.76 bits per heavy atom. The number of hydrogen-bond acceptors (Lipinski definition) is 4. The Kier molecular flexibility index (Phi) is 4.90. The largest absolute Gasteiger partial charge is 0.355 e. The molecule has 6 heteroatoms. The zero-order valence-electron chi connectivity index (χ0n) is 12.4. The molecule has 0 saturated heterocycles. The Morgan fingerprint density at radius 1 is 1.43 bits per heavy atom. The van der Waals surface area contributed by atoms with Crippen molar-refractivity contribution in [2.24, 2.45) is 5.92 Å². The molecule has 114 valence electrons. The summed E-state index contributed by atoms with van der Waals surface area (Å²) in [6.45, 7) is 4.90. The molecule has 2 rings (SSSR count). The fraction of sp³-hybridized carbons (Fsp3) is 0.533. The fourth-order valence-electron chi connectivity index (χ4n) is 2.17. The number of amides is 1. The molecule has 1 fully saturated rings. The van der Waals surface area contributed by atoms with Crippen molar-refractivity contribution in [3.63, 3.8) is 0 Å². The van der Waals surface area contributed by atoms with Gasteiger partial charge in [0.15, 0.2) is 0 Å². The van der Waals surface area contributed by atoms with Gasteiger partial charge >= 0.3 is 0 Å². The lowest BCUT2D eigenvalue weighted by atomic mass is 10.0. The summed E-state index contributed by atoms with van der Waals surface area (Å²) >= 11 is 0. The maximum absolute atomic E-state index is 11.5. The van der Waals surface area contributed by atoms with Gasteiger partial charge in [-0.15, -0.1) is 0 Å². The van der Waals surface area contributed by atoms with Crippen LogP contribution in [0, 0.1) is 23.0 Å². The van der Waals surface area contributed by atoms with Gasteiger partial charge in [0.2, 0.25) is 5.91 Å². The first-order valence-electron chi connectivity index (χ1n) is 7.25. The number of carbonyl (C=O) groups is 1. The van der Waals surface area contributed by atoms with Crippen LogP contribution in [0.1, 0.15) is 36.9 Å². The zero-order valence-corrected chi connectivity index (χ0v) is 12.4. The summed E-state index contributed by atoms with van der Waals surface area (Å²) in [5.74, 6) is 0.359. The molecule has 6 nitrogen and oxygen atoms in total. The summed E-state index contributed by atoms with van der Waals surface area (Å²) < 4.78 is 0. The summed E-state index contributed by atoms with van der Waals surface area (Å²) in [7, 11) is 0. The van der Waals surface area contributed by atoms with Crippen LogP contribution < -0.4 is 10.6 Å². The van der Waals surface area contributed by atoms with E-state index in [1.165, 1.54) is 0 Å². The molecule has 2 N–H and O–H groups in total. The molecular weight excluding hydrogens is 270 g/mol. The van der Waals surface area contributed by atoms with Gasteiger partial charge in [0.1, 0.15) is 0 Å². The van der Waals surface area contributed by atoms with Gasteiger partial charge in [-0.25, -0.2) is 0 Å². The highest BCUT2D eigenvalue weighted by atomic mass is 16.6. The summed E-state index contributed by atoms with van der Waals surface area (Å²) in [5.41, 5.74) is 1.68. The van der Waals surface area contributed by atoms with Crippen LogP contribution in [0.3, 0.4) is 0 Å². The van der Waals surface area contributed by atoms with Crippen molar-refractivity contribution in [2.45, 2.75) is 32.7 Å². The molecular formula is C15H21N3O3. The van der Waals surface area contributed by atoms with Crippen LogP contribution in [0.5, 0.6) is 0 Å². The Balaban J connectivity index is 1.82. The van der Waals surface area contributed by atoms with Gasteiger partial charge in [0.05, 0.1) is 4.92 Å². The van der Waals surface area contributed by atoms with Crippen LogP contribution in [0.25, 0.3) is 0 Å². The smallest absolute Gasteiger partial charge is 0.272 e. The van der Waals surface area contributed by atoms with Crippen LogP contribution in [0.4, 0.5) is 5.69 Å². The lowest BCUT2D eigenvalue weighted by molar-refractivity contribution is -0.385. The number of hydrogen-bond donors (Lipinski definition) is 2. The molecule has 1 aromatic carbocycles. The second-order valence-corrected chi connectivity index (χ2v) is 5.54. The van der Waals surface area contributed by atoms with Crippen LogP contribution in [-0.4, -0.2) is 23.9 Å². The van der Waals surface area contributed by atoms with Gasteiger partial charge in [0, 0.05) is 36.7 Å². The van der Waals surface area contributed by atoms with Crippen molar-refractivity contribution < 1.29 is 9.72 Å². The van der Waals surface area contributed by atoms with E-state index in [9.17, 15) is 14.9 Å². The number of aryl methyl sites for hydroxylation is 1. The number of nitro benzene ring substituents is 1. The number of nitro groups is 1. The summed E-state index contributed by atoms with van der Waals surface area (Å²) in [4.78, 5) is 22.0. The second kappa shape index (κ2) is 6.67. The molecule has 0 aromatic heterocycles. The Bertz CT molecular complexity index is 541. The standard InChI is InChI=1S/C15H21N3O3/c1-10-3-4-13(9-14(10)18(20)21)11(2)16-7-8-17-15(19)12-5-6-12/h3-4,9,11-12,16H,5-8H2,1-2H3,(H,17,19). The quantitative estimate of drug-likeness (QED) is 0.457. The first-order chi connectivity index (χ1) is 9.99. The van der Waals surface area contributed by atoms with Gasteiger partial charge in [0.25, 0.3) is 5.69 Å². The molecule has 0 radical (unpaired) electrons. The Labute approximate surface area is 124 Å². The third-order valence-electron chi connectivity index (χ3n) is 3.75.